The molecular weight excluding hydrogens is 268 g/mol. The molecule has 0 aliphatic rings. The summed E-state index contributed by atoms with van der Waals surface area (Å²) in [5.41, 5.74) is 2.53. The predicted molar refractivity (Wildman–Crippen MR) is 63.8 cm³/mol. The van der Waals surface area contributed by atoms with Crippen LogP contribution in [0.25, 0.3) is 10.1 Å². The number of benzene rings is 1. The van der Waals surface area contributed by atoms with E-state index in [9.17, 15) is 0 Å². The van der Waals surface area contributed by atoms with E-state index in [1.807, 2.05) is 0 Å². The third kappa shape index (κ3) is 1.51. The molecule has 2 aromatic rings. The van der Waals surface area contributed by atoms with E-state index in [1.54, 1.807) is 11.3 Å². The van der Waals surface area contributed by atoms with Crippen molar-refractivity contribution in [3.8, 4) is 0 Å². The number of hydrogen-bond donors (Lipinski definition) is 0. The number of fused-ring (bicyclic) bond motifs is 1. The van der Waals surface area contributed by atoms with Gasteiger partial charge >= 0.3 is 0 Å². The molecule has 0 aliphatic carbocycles. The van der Waals surface area contributed by atoms with Crippen LogP contribution >= 0.6 is 38.9 Å². The quantitative estimate of drug-likeness (QED) is 0.661. The predicted octanol–water partition coefficient (Wildman–Crippen LogP) is 4.71. The van der Waals surface area contributed by atoms with E-state index in [0.717, 1.165) is 0 Å². The number of thiophene rings is 1. The monoisotopic (exact) mass is 274 g/mol. The highest BCUT2D eigenvalue weighted by Crippen LogP contribution is 2.34. The van der Waals surface area contributed by atoms with Gasteiger partial charge in [-0.3, -0.25) is 0 Å². The highest BCUT2D eigenvalue weighted by molar-refractivity contribution is 9.10. The first kappa shape index (κ1) is 9.50. The molecular formula is C10H8BrClS. The molecule has 0 unspecified atom stereocenters. The molecule has 0 saturated carbocycles. The zero-order valence-electron chi connectivity index (χ0n) is 7.10. The maximum Gasteiger partial charge on any atom is 0.0477 e. The fraction of sp³-hybridized carbons (Fsp3) is 0.200. The maximum atomic E-state index is 5.83. The molecule has 0 radical (unpaired) electrons. The zero-order chi connectivity index (χ0) is 9.42. The van der Waals surface area contributed by atoms with Crippen molar-refractivity contribution < 1.29 is 0 Å². The lowest BCUT2D eigenvalue weighted by atomic mass is 10.1. The number of halogens is 2. The molecule has 0 saturated heterocycles. The van der Waals surface area contributed by atoms with Gasteiger partial charge in [0, 0.05) is 25.8 Å². The van der Waals surface area contributed by atoms with E-state index in [2.05, 4.69) is 40.4 Å². The van der Waals surface area contributed by atoms with Gasteiger partial charge in [0.05, 0.1) is 0 Å². The molecule has 1 heterocycles. The van der Waals surface area contributed by atoms with Gasteiger partial charge in [-0.05, 0) is 34.0 Å². The summed E-state index contributed by atoms with van der Waals surface area (Å²) in [7, 11) is 0. The van der Waals surface area contributed by atoms with E-state index in [4.69, 9.17) is 11.6 Å². The molecule has 0 atom stereocenters. The van der Waals surface area contributed by atoms with E-state index in [1.165, 1.54) is 25.7 Å². The SMILES string of the molecule is Cc1c(CCl)ccc2c(Br)csc12. The fourth-order valence-corrected chi connectivity index (χ4v) is 3.38. The lowest BCUT2D eigenvalue weighted by Gasteiger charge is -2.02. The minimum absolute atomic E-state index is 0.595. The Hall–Kier alpha value is -0.0500. The van der Waals surface area contributed by atoms with E-state index >= 15 is 0 Å². The van der Waals surface area contributed by atoms with Crippen LogP contribution in [0.2, 0.25) is 0 Å². The minimum atomic E-state index is 0.595. The normalized spacial score (nSPS) is 11.0. The van der Waals surface area contributed by atoms with E-state index < -0.39 is 0 Å². The first-order chi connectivity index (χ1) is 6.24. The largest absolute Gasteiger partial charge is 0.142 e. The molecule has 0 N–H and O–H groups in total. The second kappa shape index (κ2) is 3.60. The van der Waals surface area contributed by atoms with Gasteiger partial charge in [0.1, 0.15) is 0 Å². The highest BCUT2D eigenvalue weighted by atomic mass is 79.9. The number of rotatable bonds is 1. The summed E-state index contributed by atoms with van der Waals surface area (Å²) < 4.78 is 2.52. The van der Waals surface area contributed by atoms with Crippen molar-refractivity contribution >= 4 is 49.0 Å². The second-order valence-corrected chi connectivity index (χ2v) is 4.94. The van der Waals surface area contributed by atoms with Crippen LogP contribution in [-0.4, -0.2) is 0 Å². The van der Waals surface area contributed by atoms with Crippen molar-refractivity contribution in [2.24, 2.45) is 0 Å². The molecule has 1 aromatic heterocycles. The standard InChI is InChI=1S/C10H8BrClS/c1-6-7(4-12)2-3-8-9(11)5-13-10(6)8/h2-3,5H,4H2,1H3. The summed E-state index contributed by atoms with van der Waals surface area (Å²) in [6.45, 7) is 2.13. The first-order valence-electron chi connectivity index (χ1n) is 3.95. The lowest BCUT2D eigenvalue weighted by Crippen LogP contribution is -1.83. The van der Waals surface area contributed by atoms with Crippen molar-refractivity contribution in [2.45, 2.75) is 12.8 Å². The van der Waals surface area contributed by atoms with Crippen LogP contribution in [0.5, 0.6) is 0 Å². The Balaban J connectivity index is 2.80. The summed E-state index contributed by atoms with van der Waals surface area (Å²) in [5.74, 6) is 0.595. The van der Waals surface area contributed by atoms with Gasteiger partial charge in [0.25, 0.3) is 0 Å². The van der Waals surface area contributed by atoms with Gasteiger partial charge in [-0.25, -0.2) is 0 Å². The van der Waals surface area contributed by atoms with Gasteiger partial charge in [-0.1, -0.05) is 12.1 Å². The van der Waals surface area contributed by atoms with Crippen molar-refractivity contribution in [1.29, 1.82) is 0 Å². The Kier molecular flexibility index (Phi) is 2.63. The van der Waals surface area contributed by atoms with Gasteiger partial charge in [0.15, 0.2) is 0 Å². The summed E-state index contributed by atoms with van der Waals surface area (Å²) in [6, 6.07) is 4.22. The Morgan fingerprint density at radius 2 is 2.23 bits per heavy atom. The summed E-state index contributed by atoms with van der Waals surface area (Å²) >= 11 is 11.1. The smallest absolute Gasteiger partial charge is 0.0477 e. The Labute approximate surface area is 94.7 Å². The zero-order valence-corrected chi connectivity index (χ0v) is 10.3. The second-order valence-electron chi connectivity index (χ2n) is 2.94. The number of hydrogen-bond acceptors (Lipinski definition) is 1. The first-order valence-corrected chi connectivity index (χ1v) is 6.16. The van der Waals surface area contributed by atoms with Crippen LogP contribution in [-0.2, 0) is 5.88 Å². The van der Waals surface area contributed by atoms with Crippen molar-refractivity contribution in [3.63, 3.8) is 0 Å². The third-order valence-corrected chi connectivity index (χ3v) is 4.56. The van der Waals surface area contributed by atoms with Crippen LogP contribution in [0.15, 0.2) is 22.0 Å². The third-order valence-electron chi connectivity index (χ3n) is 2.20. The number of aryl methyl sites for hydroxylation is 1. The Bertz CT molecular complexity index is 447. The fourth-order valence-electron chi connectivity index (χ4n) is 1.39. The maximum absolute atomic E-state index is 5.83. The Morgan fingerprint density at radius 3 is 2.92 bits per heavy atom. The molecule has 0 amide bonds. The van der Waals surface area contributed by atoms with Gasteiger partial charge in [-0.2, -0.15) is 0 Å². The lowest BCUT2D eigenvalue weighted by molar-refractivity contribution is 1.34. The molecule has 13 heavy (non-hydrogen) atoms. The van der Waals surface area contributed by atoms with Crippen LogP contribution in [0.4, 0.5) is 0 Å². The topological polar surface area (TPSA) is 0 Å². The van der Waals surface area contributed by atoms with Gasteiger partial charge in [-0.15, -0.1) is 22.9 Å². The van der Waals surface area contributed by atoms with Gasteiger partial charge in [0.2, 0.25) is 0 Å². The van der Waals surface area contributed by atoms with Crippen molar-refractivity contribution in [3.05, 3.63) is 33.1 Å². The van der Waals surface area contributed by atoms with Crippen LogP contribution in [0, 0.1) is 6.92 Å². The summed E-state index contributed by atoms with van der Waals surface area (Å²) in [6.07, 6.45) is 0. The number of alkyl halides is 1. The van der Waals surface area contributed by atoms with Gasteiger partial charge < -0.3 is 0 Å². The van der Waals surface area contributed by atoms with E-state index in [-0.39, 0.29) is 0 Å². The summed E-state index contributed by atoms with van der Waals surface area (Å²) in [5, 5.41) is 3.41. The Morgan fingerprint density at radius 1 is 1.46 bits per heavy atom. The van der Waals surface area contributed by atoms with Crippen LogP contribution in [0.1, 0.15) is 11.1 Å². The molecule has 68 valence electrons. The van der Waals surface area contributed by atoms with Crippen molar-refractivity contribution in [1.82, 2.24) is 0 Å². The molecule has 0 fully saturated rings. The van der Waals surface area contributed by atoms with E-state index in [0.29, 0.717) is 5.88 Å². The molecule has 0 spiro atoms. The molecule has 0 nitrogen and oxygen atoms in total. The molecule has 1 aromatic carbocycles. The average Bonchev–Trinajstić information content (AvgIpc) is 2.50. The van der Waals surface area contributed by atoms with Crippen LogP contribution in [0.3, 0.4) is 0 Å². The minimum Gasteiger partial charge on any atom is -0.142 e. The molecule has 0 aliphatic heterocycles. The highest BCUT2D eigenvalue weighted by Gasteiger charge is 2.06. The van der Waals surface area contributed by atoms with Crippen LogP contribution < -0.4 is 0 Å². The summed E-state index contributed by atoms with van der Waals surface area (Å²) in [4.78, 5) is 0. The average molecular weight is 276 g/mol. The van der Waals surface area contributed by atoms with Crippen molar-refractivity contribution in [2.75, 3.05) is 0 Å². The molecule has 3 heteroatoms. The molecule has 2 rings (SSSR count). The molecule has 0 bridgehead atoms.